The molecule has 4 heteroatoms. The zero-order valence-electron chi connectivity index (χ0n) is 13.8. The van der Waals surface area contributed by atoms with Crippen molar-refractivity contribution in [1.82, 2.24) is 5.43 Å². The summed E-state index contributed by atoms with van der Waals surface area (Å²) in [6.45, 7) is 4.05. The van der Waals surface area contributed by atoms with E-state index in [1.54, 1.807) is 24.3 Å². The Morgan fingerprint density at radius 2 is 1.64 bits per heavy atom. The number of benzene rings is 1. The molecular formula is C18H28N2O2. The predicted octanol–water partition coefficient (Wildman–Crippen LogP) is 4.37. The first kappa shape index (κ1) is 18.2. The molecule has 0 aliphatic rings. The van der Waals surface area contributed by atoms with Gasteiger partial charge in [-0.3, -0.25) is 4.79 Å². The van der Waals surface area contributed by atoms with E-state index in [1.807, 2.05) is 6.92 Å². The van der Waals surface area contributed by atoms with Crippen molar-refractivity contribution in [2.45, 2.75) is 65.2 Å². The summed E-state index contributed by atoms with van der Waals surface area (Å²) < 4.78 is 0. The van der Waals surface area contributed by atoms with Gasteiger partial charge < -0.3 is 5.11 Å². The number of hydrazone groups is 1. The van der Waals surface area contributed by atoms with E-state index in [0.29, 0.717) is 6.42 Å². The third kappa shape index (κ3) is 7.81. The summed E-state index contributed by atoms with van der Waals surface area (Å²) in [7, 11) is 0. The van der Waals surface area contributed by atoms with Crippen molar-refractivity contribution in [3.05, 3.63) is 29.8 Å². The largest absolute Gasteiger partial charge is 0.508 e. The standard InChI is InChI=1S/C18H28N2O2/c1-3-4-5-6-7-8-9-10-18(22)20-19-15(2)16-11-13-17(21)14-12-16/h11-14,21H,3-10H2,1-2H3,(H,20,22)/b19-15+. The quantitative estimate of drug-likeness (QED) is 0.383. The van der Waals surface area contributed by atoms with E-state index >= 15 is 0 Å². The van der Waals surface area contributed by atoms with Gasteiger partial charge in [0.25, 0.3) is 0 Å². The van der Waals surface area contributed by atoms with E-state index in [1.165, 1.54) is 32.1 Å². The molecular weight excluding hydrogens is 276 g/mol. The highest BCUT2D eigenvalue weighted by molar-refractivity contribution is 5.99. The topological polar surface area (TPSA) is 61.7 Å². The smallest absolute Gasteiger partial charge is 0.240 e. The Labute approximate surface area is 133 Å². The van der Waals surface area contributed by atoms with E-state index in [-0.39, 0.29) is 11.7 Å². The molecule has 0 aliphatic carbocycles. The van der Waals surface area contributed by atoms with Crippen molar-refractivity contribution < 1.29 is 9.90 Å². The minimum absolute atomic E-state index is 0.0355. The maximum Gasteiger partial charge on any atom is 0.240 e. The first-order valence-corrected chi connectivity index (χ1v) is 8.26. The van der Waals surface area contributed by atoms with Gasteiger partial charge in [-0.2, -0.15) is 5.10 Å². The Hall–Kier alpha value is -1.84. The first-order chi connectivity index (χ1) is 10.6. The zero-order chi connectivity index (χ0) is 16.2. The molecule has 0 saturated heterocycles. The number of phenols is 1. The molecule has 0 fully saturated rings. The Bertz CT molecular complexity index is 466. The SMILES string of the molecule is CCCCCCCCCC(=O)N/N=C(\C)c1ccc(O)cc1. The maximum atomic E-state index is 11.7. The molecule has 0 unspecified atom stereocenters. The molecule has 0 heterocycles. The van der Waals surface area contributed by atoms with Crippen LogP contribution in [0.15, 0.2) is 29.4 Å². The number of hydrogen-bond donors (Lipinski definition) is 2. The second-order valence-corrected chi connectivity index (χ2v) is 5.65. The van der Waals surface area contributed by atoms with Crippen molar-refractivity contribution in [3.8, 4) is 5.75 Å². The lowest BCUT2D eigenvalue weighted by atomic mass is 10.1. The fourth-order valence-corrected chi connectivity index (χ4v) is 2.21. The highest BCUT2D eigenvalue weighted by atomic mass is 16.3. The Morgan fingerprint density at radius 1 is 1.05 bits per heavy atom. The van der Waals surface area contributed by atoms with Gasteiger partial charge in [-0.15, -0.1) is 0 Å². The van der Waals surface area contributed by atoms with E-state index in [2.05, 4.69) is 17.5 Å². The zero-order valence-corrected chi connectivity index (χ0v) is 13.8. The predicted molar refractivity (Wildman–Crippen MR) is 91.1 cm³/mol. The number of carbonyl (C=O) groups excluding carboxylic acids is 1. The van der Waals surface area contributed by atoms with E-state index < -0.39 is 0 Å². The number of nitrogens with one attached hydrogen (secondary N) is 1. The van der Waals surface area contributed by atoms with Gasteiger partial charge in [-0.25, -0.2) is 5.43 Å². The van der Waals surface area contributed by atoms with Gasteiger partial charge in [0.1, 0.15) is 5.75 Å². The summed E-state index contributed by atoms with van der Waals surface area (Å²) in [6.07, 6.45) is 8.92. The van der Waals surface area contributed by atoms with Gasteiger partial charge in [0.2, 0.25) is 5.91 Å². The number of aromatic hydroxyl groups is 1. The summed E-state index contributed by atoms with van der Waals surface area (Å²) >= 11 is 0. The molecule has 0 aromatic heterocycles. The van der Waals surface area contributed by atoms with Gasteiger partial charge >= 0.3 is 0 Å². The number of amides is 1. The molecule has 1 aromatic rings. The lowest BCUT2D eigenvalue weighted by Crippen LogP contribution is -2.18. The van der Waals surface area contributed by atoms with Gasteiger partial charge in [0.05, 0.1) is 5.71 Å². The summed E-state index contributed by atoms with van der Waals surface area (Å²) in [5, 5.41) is 13.3. The lowest BCUT2D eigenvalue weighted by molar-refractivity contribution is -0.121. The molecule has 0 bridgehead atoms. The molecule has 22 heavy (non-hydrogen) atoms. The number of nitrogens with zero attached hydrogens (tertiary/aromatic N) is 1. The molecule has 1 rings (SSSR count). The number of carbonyl (C=O) groups is 1. The highest BCUT2D eigenvalue weighted by Gasteiger charge is 2.02. The molecule has 1 aromatic carbocycles. The van der Waals surface area contributed by atoms with Crippen LogP contribution in [0.2, 0.25) is 0 Å². The van der Waals surface area contributed by atoms with Crippen LogP contribution in [-0.4, -0.2) is 16.7 Å². The monoisotopic (exact) mass is 304 g/mol. The average molecular weight is 304 g/mol. The van der Waals surface area contributed by atoms with Crippen LogP contribution in [0.1, 0.15) is 70.8 Å². The fraction of sp³-hybridized carbons (Fsp3) is 0.556. The minimum Gasteiger partial charge on any atom is -0.508 e. The second-order valence-electron chi connectivity index (χ2n) is 5.65. The van der Waals surface area contributed by atoms with Gasteiger partial charge in [-0.05, 0) is 43.2 Å². The van der Waals surface area contributed by atoms with Crippen molar-refractivity contribution >= 4 is 11.6 Å². The van der Waals surface area contributed by atoms with Crippen LogP contribution in [0.4, 0.5) is 0 Å². The molecule has 0 atom stereocenters. The number of unbranched alkanes of at least 4 members (excludes halogenated alkanes) is 6. The third-order valence-electron chi connectivity index (χ3n) is 3.64. The number of rotatable bonds is 10. The summed E-state index contributed by atoms with van der Waals surface area (Å²) in [5.41, 5.74) is 4.21. The Kier molecular flexibility index (Phi) is 8.96. The Morgan fingerprint density at radius 3 is 2.27 bits per heavy atom. The van der Waals surface area contributed by atoms with Crippen LogP contribution in [0, 0.1) is 0 Å². The lowest BCUT2D eigenvalue weighted by Gasteiger charge is -2.04. The maximum absolute atomic E-state index is 11.7. The first-order valence-electron chi connectivity index (χ1n) is 8.26. The van der Waals surface area contributed by atoms with Crippen LogP contribution in [0.25, 0.3) is 0 Å². The van der Waals surface area contributed by atoms with Crippen LogP contribution < -0.4 is 5.43 Å². The van der Waals surface area contributed by atoms with Crippen molar-refractivity contribution in [2.75, 3.05) is 0 Å². The van der Waals surface area contributed by atoms with Crippen LogP contribution in [0.3, 0.4) is 0 Å². The minimum atomic E-state index is -0.0355. The van der Waals surface area contributed by atoms with Crippen molar-refractivity contribution in [3.63, 3.8) is 0 Å². The second kappa shape index (κ2) is 10.8. The van der Waals surface area contributed by atoms with Crippen molar-refractivity contribution in [1.29, 1.82) is 0 Å². The normalized spacial score (nSPS) is 11.5. The molecule has 4 nitrogen and oxygen atoms in total. The molecule has 0 spiro atoms. The van der Waals surface area contributed by atoms with Gasteiger partial charge in [0, 0.05) is 6.42 Å². The van der Waals surface area contributed by atoms with Crippen molar-refractivity contribution in [2.24, 2.45) is 5.10 Å². The summed E-state index contributed by atoms with van der Waals surface area (Å²) in [6, 6.07) is 6.76. The van der Waals surface area contributed by atoms with E-state index in [9.17, 15) is 9.90 Å². The number of phenolic OH excluding ortho intramolecular Hbond substituents is 1. The Balaban J connectivity index is 2.19. The summed E-state index contributed by atoms with van der Waals surface area (Å²) in [4.78, 5) is 11.7. The summed E-state index contributed by atoms with van der Waals surface area (Å²) in [5.74, 6) is 0.186. The van der Waals surface area contributed by atoms with Crippen LogP contribution >= 0.6 is 0 Å². The highest BCUT2D eigenvalue weighted by Crippen LogP contribution is 2.10. The fourth-order valence-electron chi connectivity index (χ4n) is 2.21. The van der Waals surface area contributed by atoms with Gasteiger partial charge in [0.15, 0.2) is 0 Å². The van der Waals surface area contributed by atoms with Crippen LogP contribution in [-0.2, 0) is 4.79 Å². The third-order valence-corrected chi connectivity index (χ3v) is 3.64. The van der Waals surface area contributed by atoms with E-state index in [0.717, 1.165) is 24.1 Å². The average Bonchev–Trinajstić information content (AvgIpc) is 2.52. The molecule has 1 amide bonds. The molecule has 2 N–H and O–H groups in total. The molecule has 122 valence electrons. The van der Waals surface area contributed by atoms with E-state index in [4.69, 9.17) is 0 Å². The van der Waals surface area contributed by atoms with Crippen LogP contribution in [0.5, 0.6) is 5.75 Å². The molecule has 0 saturated carbocycles. The molecule has 0 radical (unpaired) electrons. The molecule has 0 aliphatic heterocycles. The van der Waals surface area contributed by atoms with Gasteiger partial charge in [-0.1, -0.05) is 45.4 Å². The number of hydrogen-bond acceptors (Lipinski definition) is 3.